The Morgan fingerprint density at radius 3 is 1.12 bits per heavy atom. The van der Waals surface area contributed by atoms with Crippen LogP contribution < -0.4 is 0 Å². The van der Waals surface area contributed by atoms with Crippen LogP contribution in [0.3, 0.4) is 0 Å². The number of nitrogens with zero attached hydrogens (tertiary/aromatic N) is 3. The van der Waals surface area contributed by atoms with Gasteiger partial charge in [0.25, 0.3) is 0 Å². The highest BCUT2D eigenvalue weighted by Gasteiger charge is 2.57. The van der Waals surface area contributed by atoms with Crippen molar-refractivity contribution in [3.05, 3.63) is 0 Å². The first kappa shape index (κ1) is 23.8. The van der Waals surface area contributed by atoms with Crippen molar-refractivity contribution in [3.63, 3.8) is 0 Å². The molecule has 0 saturated heterocycles. The predicted octanol–water partition coefficient (Wildman–Crippen LogP) is 0.671. The van der Waals surface area contributed by atoms with E-state index in [9.17, 15) is 15.3 Å². The zero-order chi connectivity index (χ0) is 18.8. The minimum absolute atomic E-state index is 0.256. The summed E-state index contributed by atoms with van der Waals surface area (Å²) in [5, 5.41) is 30.8. The highest BCUT2D eigenvalue weighted by molar-refractivity contribution is 5.06. The second kappa shape index (κ2) is 11.4. The Balaban J connectivity index is 6.50. The van der Waals surface area contributed by atoms with E-state index >= 15 is 0 Å². The average molecular weight is 348 g/mol. The van der Waals surface area contributed by atoms with Gasteiger partial charge >= 0.3 is 0 Å². The van der Waals surface area contributed by atoms with Gasteiger partial charge in [-0.2, -0.15) is 0 Å². The number of aliphatic hydroxyl groups is 3. The standard InChI is InChI=1S/C18H41N3O3/c1-7-19(8-2)13-18(20(9-3)10-4,21(11-5)12-6)17(14-22,15-23)16-24/h22-24H,7-16H2,1-6H3. The van der Waals surface area contributed by atoms with E-state index in [1.807, 2.05) is 0 Å². The summed E-state index contributed by atoms with van der Waals surface area (Å²) in [6.45, 7) is 17.5. The Bertz CT molecular complexity index is 292. The van der Waals surface area contributed by atoms with Gasteiger partial charge in [-0.1, -0.05) is 41.5 Å². The van der Waals surface area contributed by atoms with Crippen LogP contribution in [0.1, 0.15) is 41.5 Å². The molecule has 0 aliphatic carbocycles. The Morgan fingerprint density at radius 2 is 0.917 bits per heavy atom. The molecule has 0 saturated carbocycles. The third-order valence-electron chi connectivity index (χ3n) is 5.67. The molecule has 0 bridgehead atoms. The van der Waals surface area contributed by atoms with Crippen LogP contribution in [0.4, 0.5) is 0 Å². The smallest absolute Gasteiger partial charge is 0.0993 e. The monoisotopic (exact) mass is 347 g/mol. The molecule has 0 heterocycles. The van der Waals surface area contributed by atoms with Crippen molar-refractivity contribution >= 4 is 0 Å². The molecule has 0 aromatic rings. The fourth-order valence-corrected chi connectivity index (χ4v) is 4.02. The van der Waals surface area contributed by atoms with Gasteiger partial charge in [0, 0.05) is 6.54 Å². The summed E-state index contributed by atoms with van der Waals surface area (Å²) >= 11 is 0. The van der Waals surface area contributed by atoms with Crippen molar-refractivity contribution in [2.45, 2.75) is 47.2 Å². The van der Waals surface area contributed by atoms with Gasteiger partial charge in [0.15, 0.2) is 0 Å². The zero-order valence-electron chi connectivity index (χ0n) is 16.8. The molecule has 0 fully saturated rings. The van der Waals surface area contributed by atoms with Gasteiger partial charge in [0.2, 0.25) is 0 Å². The maximum Gasteiger partial charge on any atom is 0.0993 e. The lowest BCUT2D eigenvalue weighted by Gasteiger charge is -2.60. The van der Waals surface area contributed by atoms with Crippen molar-refractivity contribution in [2.24, 2.45) is 5.41 Å². The molecular formula is C18H41N3O3. The predicted molar refractivity (Wildman–Crippen MR) is 100 cm³/mol. The Hall–Kier alpha value is -0.240. The number of aliphatic hydroxyl groups excluding tert-OH is 3. The first-order valence-corrected chi connectivity index (χ1v) is 9.52. The Labute approximate surface area is 149 Å². The molecular weight excluding hydrogens is 306 g/mol. The van der Waals surface area contributed by atoms with E-state index in [0.717, 1.165) is 39.3 Å². The molecule has 0 aliphatic rings. The van der Waals surface area contributed by atoms with Crippen molar-refractivity contribution < 1.29 is 15.3 Å². The fourth-order valence-electron chi connectivity index (χ4n) is 4.02. The van der Waals surface area contributed by atoms with Gasteiger partial charge in [-0.05, 0) is 39.3 Å². The highest BCUT2D eigenvalue weighted by Crippen LogP contribution is 2.40. The number of hydrogen-bond donors (Lipinski definition) is 3. The van der Waals surface area contributed by atoms with E-state index in [2.05, 4.69) is 56.2 Å². The topological polar surface area (TPSA) is 70.4 Å². The summed E-state index contributed by atoms with van der Waals surface area (Å²) < 4.78 is 0. The van der Waals surface area contributed by atoms with E-state index < -0.39 is 11.1 Å². The maximum atomic E-state index is 10.3. The van der Waals surface area contributed by atoms with E-state index in [-0.39, 0.29) is 19.8 Å². The summed E-state index contributed by atoms with van der Waals surface area (Å²) in [4.78, 5) is 6.90. The number of hydrogen-bond acceptors (Lipinski definition) is 6. The molecule has 0 unspecified atom stereocenters. The van der Waals surface area contributed by atoms with Gasteiger partial charge in [-0.25, -0.2) is 0 Å². The molecule has 0 aliphatic heterocycles. The van der Waals surface area contributed by atoms with Crippen molar-refractivity contribution in [1.29, 1.82) is 0 Å². The van der Waals surface area contributed by atoms with Gasteiger partial charge < -0.3 is 20.2 Å². The van der Waals surface area contributed by atoms with Crippen LogP contribution in [0.15, 0.2) is 0 Å². The molecule has 24 heavy (non-hydrogen) atoms. The van der Waals surface area contributed by atoms with Crippen molar-refractivity contribution in [3.8, 4) is 0 Å². The molecule has 0 aromatic carbocycles. The van der Waals surface area contributed by atoms with E-state index in [1.165, 1.54) is 0 Å². The third-order valence-corrected chi connectivity index (χ3v) is 5.67. The lowest BCUT2D eigenvalue weighted by molar-refractivity contribution is -0.200. The largest absolute Gasteiger partial charge is 0.395 e. The normalized spacial score (nSPS) is 13.5. The van der Waals surface area contributed by atoms with Gasteiger partial charge in [-0.15, -0.1) is 0 Å². The molecule has 3 N–H and O–H groups in total. The second-order valence-electron chi connectivity index (χ2n) is 6.38. The Kier molecular flexibility index (Phi) is 11.3. The molecule has 0 atom stereocenters. The van der Waals surface area contributed by atoms with Gasteiger partial charge in [0.1, 0.15) is 0 Å². The van der Waals surface area contributed by atoms with Crippen LogP contribution >= 0.6 is 0 Å². The van der Waals surface area contributed by atoms with Crippen LogP contribution in [0, 0.1) is 5.41 Å². The summed E-state index contributed by atoms with van der Waals surface area (Å²) in [6.07, 6.45) is 0. The first-order valence-electron chi connectivity index (χ1n) is 9.52. The molecule has 6 heteroatoms. The number of likely N-dealkylation sites (N-methyl/N-ethyl adjacent to an activating group) is 3. The summed E-state index contributed by atoms with van der Waals surface area (Å²) in [6, 6.07) is 0. The van der Waals surface area contributed by atoms with Crippen LogP contribution in [-0.4, -0.2) is 101 Å². The SMILES string of the molecule is CCN(CC)CC(N(CC)CC)(N(CC)CC)C(CO)(CO)CO. The van der Waals surface area contributed by atoms with Crippen LogP contribution in [0.5, 0.6) is 0 Å². The minimum Gasteiger partial charge on any atom is -0.395 e. The third kappa shape index (κ3) is 4.29. The Morgan fingerprint density at radius 1 is 0.583 bits per heavy atom. The fraction of sp³-hybridized carbons (Fsp3) is 1.00. The van der Waals surface area contributed by atoms with Gasteiger partial charge in [-0.3, -0.25) is 9.80 Å². The number of rotatable bonds is 14. The molecule has 0 spiro atoms. The lowest BCUT2D eigenvalue weighted by Crippen LogP contribution is -2.76. The van der Waals surface area contributed by atoms with Crippen LogP contribution in [-0.2, 0) is 0 Å². The summed E-state index contributed by atoms with van der Waals surface area (Å²) in [5.74, 6) is 0. The average Bonchev–Trinajstić information content (AvgIpc) is 2.63. The molecule has 0 amide bonds. The lowest BCUT2D eigenvalue weighted by atomic mass is 9.73. The maximum absolute atomic E-state index is 10.3. The molecule has 0 aromatic heterocycles. The van der Waals surface area contributed by atoms with Crippen LogP contribution in [0.25, 0.3) is 0 Å². The molecule has 0 radical (unpaired) electrons. The van der Waals surface area contributed by atoms with Crippen LogP contribution in [0.2, 0.25) is 0 Å². The summed E-state index contributed by atoms with van der Waals surface area (Å²) in [5.41, 5.74) is -1.64. The first-order chi connectivity index (χ1) is 11.5. The summed E-state index contributed by atoms with van der Waals surface area (Å²) in [7, 11) is 0. The van der Waals surface area contributed by atoms with E-state index in [0.29, 0.717) is 6.54 Å². The van der Waals surface area contributed by atoms with E-state index in [4.69, 9.17) is 0 Å². The highest BCUT2D eigenvalue weighted by atomic mass is 16.3. The van der Waals surface area contributed by atoms with Gasteiger partial charge in [0.05, 0.1) is 30.9 Å². The van der Waals surface area contributed by atoms with Crippen molar-refractivity contribution in [2.75, 3.05) is 65.6 Å². The molecule has 0 rings (SSSR count). The van der Waals surface area contributed by atoms with Crippen molar-refractivity contribution in [1.82, 2.24) is 14.7 Å². The second-order valence-corrected chi connectivity index (χ2v) is 6.38. The molecule has 6 nitrogen and oxygen atoms in total. The minimum atomic E-state index is -1.01. The molecule has 146 valence electrons. The quantitative estimate of drug-likeness (QED) is 0.401. The van der Waals surface area contributed by atoms with E-state index in [1.54, 1.807) is 0 Å². The zero-order valence-corrected chi connectivity index (χ0v) is 16.8.